The van der Waals surface area contributed by atoms with Crippen molar-refractivity contribution in [1.29, 1.82) is 0 Å². The monoisotopic (exact) mass is 508 g/mol. The Bertz CT molecular complexity index is 780. The summed E-state index contributed by atoms with van der Waals surface area (Å²) < 4.78 is 26.3. The maximum Gasteiger partial charge on any atom is 0.408 e. The van der Waals surface area contributed by atoms with Crippen LogP contribution in [-0.2, 0) is 39.7 Å². The Morgan fingerprint density at radius 1 is 0.944 bits per heavy atom. The van der Waals surface area contributed by atoms with Crippen molar-refractivity contribution in [2.75, 3.05) is 52.8 Å². The second kappa shape index (κ2) is 18.3. The molecule has 2 N–H and O–H groups in total. The van der Waals surface area contributed by atoms with E-state index in [1.54, 1.807) is 20.8 Å². The van der Waals surface area contributed by atoms with Crippen LogP contribution >= 0.6 is 0 Å². The van der Waals surface area contributed by atoms with E-state index in [1.165, 1.54) is 6.08 Å². The molecule has 0 spiro atoms. The number of hydrogen-bond donors (Lipinski definition) is 2. The van der Waals surface area contributed by atoms with Crippen LogP contribution in [0, 0.1) is 0 Å². The van der Waals surface area contributed by atoms with Crippen molar-refractivity contribution in [3.05, 3.63) is 48.6 Å². The van der Waals surface area contributed by atoms with Crippen LogP contribution in [0.25, 0.3) is 0 Å². The molecule has 10 nitrogen and oxygen atoms in total. The average molecular weight is 509 g/mol. The van der Waals surface area contributed by atoms with Gasteiger partial charge in [-0.15, -0.1) is 0 Å². The summed E-state index contributed by atoms with van der Waals surface area (Å²) in [7, 11) is 0. The topological polar surface area (TPSA) is 121 Å². The van der Waals surface area contributed by atoms with Crippen molar-refractivity contribution in [3.63, 3.8) is 0 Å². The van der Waals surface area contributed by atoms with Gasteiger partial charge in [0.2, 0.25) is 5.91 Å². The molecule has 36 heavy (non-hydrogen) atoms. The van der Waals surface area contributed by atoms with E-state index in [0.29, 0.717) is 39.5 Å². The predicted molar refractivity (Wildman–Crippen MR) is 135 cm³/mol. The van der Waals surface area contributed by atoms with Gasteiger partial charge in [0.1, 0.15) is 18.2 Å². The van der Waals surface area contributed by atoms with Crippen molar-refractivity contribution in [3.8, 4) is 0 Å². The summed E-state index contributed by atoms with van der Waals surface area (Å²) in [6, 6.07) is 8.64. The third kappa shape index (κ3) is 16.6. The van der Waals surface area contributed by atoms with Crippen molar-refractivity contribution in [1.82, 2.24) is 10.6 Å². The van der Waals surface area contributed by atoms with E-state index in [4.69, 9.17) is 23.7 Å². The summed E-state index contributed by atoms with van der Waals surface area (Å²) >= 11 is 0. The molecule has 1 aromatic carbocycles. The van der Waals surface area contributed by atoms with Gasteiger partial charge in [-0.25, -0.2) is 4.79 Å². The molecule has 0 aromatic heterocycles. The van der Waals surface area contributed by atoms with Gasteiger partial charge in [-0.3, -0.25) is 9.59 Å². The molecule has 0 bridgehead atoms. The molecule has 202 valence electrons. The molecule has 0 radical (unpaired) electrons. The van der Waals surface area contributed by atoms with Gasteiger partial charge < -0.3 is 34.3 Å². The fourth-order valence-corrected chi connectivity index (χ4v) is 2.80. The molecule has 0 fully saturated rings. The first kappa shape index (κ1) is 31.1. The second-order valence-electron chi connectivity index (χ2n) is 8.74. The Labute approximate surface area is 213 Å². The smallest absolute Gasteiger partial charge is 0.408 e. The van der Waals surface area contributed by atoms with Crippen molar-refractivity contribution in [2.24, 2.45) is 0 Å². The zero-order valence-electron chi connectivity index (χ0n) is 21.6. The molecule has 0 heterocycles. The Hall–Kier alpha value is -2.95. The molecule has 0 saturated carbocycles. The van der Waals surface area contributed by atoms with E-state index in [1.807, 2.05) is 30.3 Å². The summed E-state index contributed by atoms with van der Waals surface area (Å²) in [5.74, 6) is -0.654. The minimum atomic E-state index is -0.783. The average Bonchev–Trinajstić information content (AvgIpc) is 2.82. The number of carbonyl (C=O) groups excluding carboxylic acids is 3. The van der Waals surface area contributed by atoms with Gasteiger partial charge in [0.05, 0.1) is 46.1 Å². The van der Waals surface area contributed by atoms with Crippen LogP contribution in [-0.4, -0.2) is 82.4 Å². The van der Waals surface area contributed by atoms with E-state index in [0.717, 1.165) is 5.56 Å². The van der Waals surface area contributed by atoms with Crippen molar-refractivity contribution >= 4 is 18.0 Å². The first-order valence-electron chi connectivity index (χ1n) is 12.0. The minimum Gasteiger partial charge on any atom is -0.461 e. The number of ether oxygens (including phenoxy) is 5. The first-order chi connectivity index (χ1) is 17.2. The molecule has 10 heteroatoms. The lowest BCUT2D eigenvalue weighted by Gasteiger charge is -2.23. The van der Waals surface area contributed by atoms with Gasteiger partial charge in [-0.05, 0) is 26.3 Å². The van der Waals surface area contributed by atoms with Crippen molar-refractivity contribution in [2.45, 2.75) is 45.3 Å². The summed E-state index contributed by atoms with van der Waals surface area (Å²) in [4.78, 5) is 36.2. The normalized spacial score (nSPS) is 11.9. The highest BCUT2D eigenvalue weighted by Crippen LogP contribution is 2.08. The first-order valence-corrected chi connectivity index (χ1v) is 12.0. The molecule has 0 unspecified atom stereocenters. The van der Waals surface area contributed by atoms with Gasteiger partial charge in [-0.1, -0.05) is 43.0 Å². The third-order valence-corrected chi connectivity index (χ3v) is 4.39. The Balaban J connectivity index is 2.20. The van der Waals surface area contributed by atoms with Crippen LogP contribution in [0.3, 0.4) is 0 Å². The molecule has 1 atom stereocenters. The molecular weight excluding hydrogens is 468 g/mol. The highest BCUT2D eigenvalue weighted by atomic mass is 16.6. The fourth-order valence-electron chi connectivity index (χ4n) is 2.80. The number of nitrogens with one attached hydrogen (secondary N) is 2. The number of carbonyl (C=O) groups is 3. The number of esters is 1. The largest absolute Gasteiger partial charge is 0.461 e. The lowest BCUT2D eigenvalue weighted by atomic mass is 10.1. The highest BCUT2D eigenvalue weighted by Gasteiger charge is 2.24. The number of benzene rings is 1. The van der Waals surface area contributed by atoms with Crippen LogP contribution in [0.5, 0.6) is 0 Å². The zero-order valence-corrected chi connectivity index (χ0v) is 21.6. The zero-order chi connectivity index (χ0) is 26.7. The van der Waals surface area contributed by atoms with E-state index in [9.17, 15) is 14.4 Å². The van der Waals surface area contributed by atoms with Crippen LogP contribution < -0.4 is 10.6 Å². The summed E-state index contributed by atoms with van der Waals surface area (Å²) in [6.07, 6.45) is 1.37. The molecule has 0 saturated heterocycles. The Kier molecular flexibility index (Phi) is 15.8. The number of amides is 2. The number of rotatable bonds is 18. The molecule has 0 aliphatic rings. The minimum absolute atomic E-state index is 0.183. The highest BCUT2D eigenvalue weighted by molar-refractivity contribution is 5.86. The van der Waals surface area contributed by atoms with Crippen LogP contribution in [0.1, 0.15) is 32.8 Å². The van der Waals surface area contributed by atoms with Crippen LogP contribution in [0.4, 0.5) is 4.79 Å². The number of alkyl carbamates (subject to hydrolysis) is 1. The Morgan fingerprint density at radius 3 is 2.17 bits per heavy atom. The molecule has 1 aromatic rings. The maximum atomic E-state index is 12.7. The molecule has 0 aliphatic carbocycles. The van der Waals surface area contributed by atoms with E-state index >= 15 is 0 Å². The Morgan fingerprint density at radius 2 is 1.56 bits per heavy atom. The predicted octanol–water partition coefficient (Wildman–Crippen LogP) is 2.41. The second-order valence-corrected chi connectivity index (χ2v) is 8.74. The molecule has 2 amide bonds. The summed E-state index contributed by atoms with van der Waals surface area (Å²) in [5, 5.41) is 5.43. The van der Waals surface area contributed by atoms with Gasteiger partial charge in [0.15, 0.2) is 0 Å². The standard InChI is InChI=1S/C26H40N2O8/c1-5-13-35-23(29)11-14-32-16-18-34-19-17-33-15-12-27-24(30)22(20-21-9-7-6-8-10-21)28-25(31)36-26(2,3)4/h5-10,22H,1,11-20H2,2-4H3,(H,27,30)(H,28,31)/t22-/m0/s1. The number of hydrogen-bond acceptors (Lipinski definition) is 8. The van der Waals surface area contributed by atoms with E-state index < -0.39 is 17.7 Å². The fraction of sp³-hybridized carbons (Fsp3) is 0.577. The molecule has 1 rings (SSSR count). The van der Waals surface area contributed by atoms with Crippen LogP contribution in [0.15, 0.2) is 43.0 Å². The van der Waals surface area contributed by atoms with Gasteiger partial charge in [0.25, 0.3) is 0 Å². The maximum absolute atomic E-state index is 12.7. The summed E-state index contributed by atoms with van der Waals surface area (Å²) in [6.45, 7) is 11.3. The molecule has 0 aliphatic heterocycles. The third-order valence-electron chi connectivity index (χ3n) is 4.39. The van der Waals surface area contributed by atoms with Gasteiger partial charge in [0, 0.05) is 13.0 Å². The lowest BCUT2D eigenvalue weighted by molar-refractivity contribution is -0.143. The quantitative estimate of drug-likeness (QED) is 0.176. The molecular formula is C26H40N2O8. The lowest BCUT2D eigenvalue weighted by Crippen LogP contribution is -2.49. The SMILES string of the molecule is C=CCOC(=O)CCOCCOCCOCCNC(=O)[C@H](Cc1ccccc1)NC(=O)OC(C)(C)C. The van der Waals surface area contributed by atoms with E-state index in [-0.39, 0.29) is 38.1 Å². The van der Waals surface area contributed by atoms with Gasteiger partial charge in [-0.2, -0.15) is 0 Å². The van der Waals surface area contributed by atoms with Crippen LogP contribution in [0.2, 0.25) is 0 Å². The van der Waals surface area contributed by atoms with E-state index in [2.05, 4.69) is 17.2 Å². The van der Waals surface area contributed by atoms with Gasteiger partial charge >= 0.3 is 12.1 Å². The summed E-state index contributed by atoms with van der Waals surface area (Å²) in [5.41, 5.74) is 0.248. The van der Waals surface area contributed by atoms with Crippen molar-refractivity contribution < 1.29 is 38.1 Å².